The van der Waals surface area contributed by atoms with Gasteiger partial charge in [-0.15, -0.1) is 0 Å². The Balaban J connectivity index is 1.34. The summed E-state index contributed by atoms with van der Waals surface area (Å²) in [4.78, 5) is 35.9. The molecule has 176 valence electrons. The molecule has 1 saturated heterocycles. The van der Waals surface area contributed by atoms with E-state index in [1.165, 1.54) is 30.3 Å². The van der Waals surface area contributed by atoms with E-state index in [4.69, 9.17) is 0 Å². The third kappa shape index (κ3) is 5.41. The normalized spacial score (nSPS) is 14.4. The predicted molar refractivity (Wildman–Crippen MR) is 126 cm³/mol. The van der Waals surface area contributed by atoms with Gasteiger partial charge in [0, 0.05) is 37.5 Å². The third-order valence-electron chi connectivity index (χ3n) is 5.49. The van der Waals surface area contributed by atoms with Crippen LogP contribution in [0.25, 0.3) is 0 Å². The first-order valence-electron chi connectivity index (χ1n) is 10.7. The van der Waals surface area contributed by atoms with Gasteiger partial charge in [0.2, 0.25) is 15.9 Å². The SMILES string of the molecule is O=C1CN(S(=O)(=O)c2ccc(C(=O)NCc3ccc(Cn4ccccc4=O)cc3)cc2)CCN1. The molecule has 2 amide bonds. The van der Waals surface area contributed by atoms with Crippen LogP contribution in [-0.4, -0.2) is 48.7 Å². The van der Waals surface area contributed by atoms with Crippen molar-refractivity contribution in [2.24, 2.45) is 0 Å². The summed E-state index contributed by atoms with van der Waals surface area (Å²) >= 11 is 0. The molecule has 0 bridgehead atoms. The molecule has 0 aliphatic carbocycles. The molecule has 1 fully saturated rings. The zero-order valence-corrected chi connectivity index (χ0v) is 19.1. The van der Waals surface area contributed by atoms with Gasteiger partial charge in [-0.3, -0.25) is 14.4 Å². The van der Waals surface area contributed by atoms with Crippen LogP contribution in [0.5, 0.6) is 0 Å². The largest absolute Gasteiger partial charge is 0.354 e. The molecule has 0 saturated carbocycles. The molecule has 1 aromatic heterocycles. The van der Waals surface area contributed by atoms with Crippen LogP contribution in [0.2, 0.25) is 0 Å². The summed E-state index contributed by atoms with van der Waals surface area (Å²) < 4.78 is 28.2. The molecule has 0 atom stereocenters. The number of nitrogens with one attached hydrogen (secondary N) is 2. The highest BCUT2D eigenvalue weighted by Gasteiger charge is 2.29. The number of hydrogen-bond donors (Lipinski definition) is 2. The molecular weight excluding hydrogens is 456 g/mol. The third-order valence-corrected chi connectivity index (χ3v) is 7.34. The number of nitrogens with zero attached hydrogens (tertiary/aromatic N) is 2. The summed E-state index contributed by atoms with van der Waals surface area (Å²) in [5, 5.41) is 5.41. The van der Waals surface area contributed by atoms with E-state index in [0.717, 1.165) is 15.4 Å². The van der Waals surface area contributed by atoms with E-state index in [0.29, 0.717) is 18.7 Å². The lowest BCUT2D eigenvalue weighted by Gasteiger charge is -2.25. The highest BCUT2D eigenvalue weighted by atomic mass is 32.2. The summed E-state index contributed by atoms with van der Waals surface area (Å²) in [5.74, 6) is -0.672. The second-order valence-corrected chi connectivity index (χ2v) is 9.82. The molecule has 3 aromatic rings. The quantitative estimate of drug-likeness (QED) is 0.522. The van der Waals surface area contributed by atoms with Crippen LogP contribution >= 0.6 is 0 Å². The Morgan fingerprint density at radius 3 is 2.32 bits per heavy atom. The van der Waals surface area contributed by atoms with Gasteiger partial charge >= 0.3 is 0 Å². The van der Waals surface area contributed by atoms with E-state index in [1.54, 1.807) is 22.9 Å². The van der Waals surface area contributed by atoms with Crippen molar-refractivity contribution in [3.05, 3.63) is 100.0 Å². The number of amides is 2. The van der Waals surface area contributed by atoms with Gasteiger partial charge in [-0.05, 0) is 41.5 Å². The van der Waals surface area contributed by atoms with Crippen molar-refractivity contribution in [3.8, 4) is 0 Å². The van der Waals surface area contributed by atoms with Gasteiger partial charge in [-0.2, -0.15) is 4.31 Å². The van der Waals surface area contributed by atoms with Gasteiger partial charge < -0.3 is 15.2 Å². The Bertz CT molecular complexity index is 1350. The first-order valence-corrected chi connectivity index (χ1v) is 12.2. The van der Waals surface area contributed by atoms with E-state index < -0.39 is 10.0 Å². The van der Waals surface area contributed by atoms with E-state index in [-0.39, 0.29) is 41.9 Å². The highest BCUT2D eigenvalue weighted by molar-refractivity contribution is 7.89. The number of rotatable bonds is 7. The average molecular weight is 481 g/mol. The second kappa shape index (κ2) is 10.0. The lowest BCUT2D eigenvalue weighted by Crippen LogP contribution is -2.49. The van der Waals surface area contributed by atoms with Crippen molar-refractivity contribution >= 4 is 21.8 Å². The molecule has 2 N–H and O–H groups in total. The summed E-state index contributed by atoms with van der Waals surface area (Å²) in [6.07, 6.45) is 1.73. The van der Waals surface area contributed by atoms with Crippen LogP contribution in [0, 0.1) is 0 Å². The topological polar surface area (TPSA) is 118 Å². The minimum atomic E-state index is -3.80. The maximum absolute atomic E-state index is 12.7. The molecule has 9 nitrogen and oxygen atoms in total. The van der Waals surface area contributed by atoms with Gasteiger partial charge in [-0.1, -0.05) is 30.3 Å². The molecule has 1 aliphatic heterocycles. The predicted octanol–water partition coefficient (Wildman–Crippen LogP) is 0.947. The minimum Gasteiger partial charge on any atom is -0.354 e. The minimum absolute atomic E-state index is 0.0341. The molecule has 4 rings (SSSR count). The lowest BCUT2D eigenvalue weighted by molar-refractivity contribution is -0.122. The maximum Gasteiger partial charge on any atom is 0.251 e. The molecule has 0 radical (unpaired) electrons. The van der Waals surface area contributed by atoms with Crippen molar-refractivity contribution < 1.29 is 18.0 Å². The molecule has 2 heterocycles. The molecule has 0 spiro atoms. The molecule has 34 heavy (non-hydrogen) atoms. The lowest BCUT2D eigenvalue weighted by atomic mass is 10.1. The molecule has 1 aliphatic rings. The van der Waals surface area contributed by atoms with Crippen molar-refractivity contribution in [1.29, 1.82) is 0 Å². The number of carbonyl (C=O) groups is 2. The smallest absolute Gasteiger partial charge is 0.251 e. The Morgan fingerprint density at radius 2 is 1.65 bits per heavy atom. The van der Waals surface area contributed by atoms with E-state index in [1.807, 2.05) is 24.3 Å². The highest BCUT2D eigenvalue weighted by Crippen LogP contribution is 2.17. The number of aromatic nitrogens is 1. The van der Waals surface area contributed by atoms with Crippen LogP contribution in [0.1, 0.15) is 21.5 Å². The summed E-state index contributed by atoms with van der Waals surface area (Å²) in [7, 11) is -3.80. The fourth-order valence-corrected chi connectivity index (χ4v) is 4.98. The van der Waals surface area contributed by atoms with Gasteiger partial charge in [0.1, 0.15) is 0 Å². The van der Waals surface area contributed by atoms with Crippen LogP contribution in [0.4, 0.5) is 0 Å². The maximum atomic E-state index is 12.7. The van der Waals surface area contributed by atoms with Crippen molar-refractivity contribution in [1.82, 2.24) is 19.5 Å². The van der Waals surface area contributed by atoms with Crippen molar-refractivity contribution in [2.45, 2.75) is 18.0 Å². The number of pyridine rings is 1. The molecule has 10 heteroatoms. The van der Waals surface area contributed by atoms with E-state index >= 15 is 0 Å². The fraction of sp³-hybridized carbons (Fsp3) is 0.208. The zero-order valence-electron chi connectivity index (χ0n) is 18.3. The number of carbonyl (C=O) groups excluding carboxylic acids is 2. The first kappa shape index (κ1) is 23.4. The van der Waals surface area contributed by atoms with Crippen molar-refractivity contribution in [3.63, 3.8) is 0 Å². The number of sulfonamides is 1. The molecule has 0 unspecified atom stereocenters. The Hall–Kier alpha value is -3.76. The standard InChI is InChI=1S/C24H24N4O5S/c29-22-17-28(14-12-25-22)34(32,33)21-10-8-20(9-11-21)24(31)26-15-18-4-6-19(7-5-18)16-27-13-2-1-3-23(27)30/h1-11,13H,12,14-17H2,(H,25,29)(H,26,31). The Morgan fingerprint density at radius 1 is 0.941 bits per heavy atom. The number of hydrogen-bond acceptors (Lipinski definition) is 5. The van der Waals surface area contributed by atoms with Gasteiger partial charge in [-0.25, -0.2) is 8.42 Å². The zero-order chi connectivity index (χ0) is 24.1. The monoisotopic (exact) mass is 480 g/mol. The van der Waals surface area contributed by atoms with Crippen molar-refractivity contribution in [2.75, 3.05) is 19.6 Å². The average Bonchev–Trinajstić information content (AvgIpc) is 2.85. The molecule has 2 aromatic carbocycles. The van der Waals surface area contributed by atoms with Crippen LogP contribution in [0.3, 0.4) is 0 Å². The first-order chi connectivity index (χ1) is 16.3. The Kier molecular flexibility index (Phi) is 6.90. The fourth-order valence-electron chi connectivity index (χ4n) is 3.58. The van der Waals surface area contributed by atoms with Gasteiger partial charge in [0.15, 0.2) is 0 Å². The molecular formula is C24H24N4O5S. The van der Waals surface area contributed by atoms with Gasteiger partial charge in [0.25, 0.3) is 11.5 Å². The van der Waals surface area contributed by atoms with Crippen LogP contribution in [-0.2, 0) is 27.9 Å². The number of benzene rings is 2. The van der Waals surface area contributed by atoms with Gasteiger partial charge in [0.05, 0.1) is 18.0 Å². The summed E-state index contributed by atoms with van der Waals surface area (Å²) in [5.41, 5.74) is 2.11. The number of piperazine rings is 1. The van der Waals surface area contributed by atoms with E-state index in [2.05, 4.69) is 10.6 Å². The summed E-state index contributed by atoms with van der Waals surface area (Å²) in [6, 6.07) is 18.2. The second-order valence-electron chi connectivity index (χ2n) is 7.88. The Labute approximate surface area is 197 Å². The van der Waals surface area contributed by atoms with Crippen LogP contribution < -0.4 is 16.2 Å². The summed E-state index contributed by atoms with van der Waals surface area (Å²) in [6.45, 7) is 1.02. The van der Waals surface area contributed by atoms with Crippen LogP contribution in [0.15, 0.2) is 82.6 Å². The van der Waals surface area contributed by atoms with E-state index in [9.17, 15) is 22.8 Å².